The molecule has 1 aromatic carbocycles. The van der Waals surface area contributed by atoms with E-state index in [1.165, 1.54) is 11.7 Å². The van der Waals surface area contributed by atoms with E-state index in [9.17, 15) is 9.59 Å². The molecular weight excluding hydrogens is 458 g/mol. The Bertz CT molecular complexity index is 1490. The first-order chi connectivity index (χ1) is 16.4. The Hall–Kier alpha value is -3.85. The van der Waals surface area contributed by atoms with Crippen LogP contribution in [0.5, 0.6) is 11.5 Å². The molecule has 0 fully saturated rings. The van der Waals surface area contributed by atoms with Crippen molar-refractivity contribution in [1.82, 2.24) is 24.0 Å². The Morgan fingerprint density at radius 3 is 2.62 bits per heavy atom. The first-order valence-corrected chi connectivity index (χ1v) is 11.0. The Morgan fingerprint density at radius 1 is 1.09 bits per heavy atom. The zero-order chi connectivity index (χ0) is 24.0. The number of hydrogen-bond donors (Lipinski definition) is 0. The van der Waals surface area contributed by atoms with Crippen LogP contribution in [0, 0.1) is 6.92 Å². The number of methoxy groups -OCH3 is 2. The molecule has 3 aromatic heterocycles. The van der Waals surface area contributed by atoms with Crippen LogP contribution in [0.1, 0.15) is 21.9 Å². The first-order valence-electron chi connectivity index (χ1n) is 10.7. The number of pyridine rings is 2. The number of halogens is 1. The minimum atomic E-state index is -0.224. The number of fused-ring (bicyclic) bond motifs is 2. The van der Waals surface area contributed by atoms with Crippen molar-refractivity contribution < 1.29 is 14.3 Å². The molecule has 10 heteroatoms. The summed E-state index contributed by atoms with van der Waals surface area (Å²) >= 11 is 6.39. The highest BCUT2D eigenvalue weighted by atomic mass is 35.5. The number of aryl methyl sites for hydroxylation is 1. The summed E-state index contributed by atoms with van der Waals surface area (Å²) in [6.45, 7) is 2.92. The van der Waals surface area contributed by atoms with E-state index in [1.807, 2.05) is 19.1 Å². The molecule has 0 saturated heterocycles. The van der Waals surface area contributed by atoms with Crippen molar-refractivity contribution in [3.05, 3.63) is 75.3 Å². The Labute approximate surface area is 200 Å². The molecule has 174 valence electrons. The van der Waals surface area contributed by atoms with E-state index in [1.54, 1.807) is 47.3 Å². The van der Waals surface area contributed by atoms with Crippen LogP contribution in [-0.4, -0.2) is 50.7 Å². The lowest BCUT2D eigenvalue weighted by molar-refractivity contribution is 0.0684. The molecule has 0 radical (unpaired) electrons. The smallest absolute Gasteiger partial charge is 0.275 e. The Morgan fingerprint density at radius 2 is 1.91 bits per heavy atom. The zero-order valence-electron chi connectivity index (χ0n) is 18.9. The second-order valence-electron chi connectivity index (χ2n) is 8.01. The van der Waals surface area contributed by atoms with Gasteiger partial charge in [-0.2, -0.15) is 0 Å². The summed E-state index contributed by atoms with van der Waals surface area (Å²) in [6, 6.07) is 8.89. The van der Waals surface area contributed by atoms with Crippen LogP contribution in [0.15, 0.2) is 47.7 Å². The molecule has 0 saturated carbocycles. The second kappa shape index (κ2) is 8.49. The van der Waals surface area contributed by atoms with Crippen LogP contribution < -0.4 is 15.0 Å². The van der Waals surface area contributed by atoms with Gasteiger partial charge in [0, 0.05) is 24.7 Å². The molecule has 1 aliphatic heterocycles. The average molecular weight is 480 g/mol. The fourth-order valence-corrected chi connectivity index (χ4v) is 4.51. The SMILES string of the molecule is COc1cc2ccc(CN3CCn4c(ccc(-n5cnc(C)c5)c4=O)C3=O)nc2c(OC)c1Cl. The van der Waals surface area contributed by atoms with Crippen LogP contribution in [0.25, 0.3) is 16.6 Å². The number of carbonyl (C=O) groups excluding carboxylic acids is 1. The van der Waals surface area contributed by atoms with Crippen molar-refractivity contribution in [3.8, 4) is 17.2 Å². The summed E-state index contributed by atoms with van der Waals surface area (Å²) in [5.74, 6) is 0.694. The predicted molar refractivity (Wildman–Crippen MR) is 127 cm³/mol. The minimum Gasteiger partial charge on any atom is -0.495 e. The molecule has 0 atom stereocenters. The van der Waals surface area contributed by atoms with Crippen molar-refractivity contribution >= 4 is 28.4 Å². The maximum Gasteiger partial charge on any atom is 0.275 e. The molecule has 0 bridgehead atoms. The summed E-state index contributed by atoms with van der Waals surface area (Å²) in [5, 5.41) is 1.15. The highest BCUT2D eigenvalue weighted by molar-refractivity contribution is 6.34. The number of ether oxygens (including phenoxy) is 2. The first kappa shape index (κ1) is 22.0. The largest absolute Gasteiger partial charge is 0.495 e. The Balaban J connectivity index is 1.45. The van der Waals surface area contributed by atoms with Gasteiger partial charge in [0.2, 0.25) is 0 Å². The number of carbonyl (C=O) groups is 1. The molecule has 4 aromatic rings. The van der Waals surface area contributed by atoms with Crippen LogP contribution in [0.3, 0.4) is 0 Å². The second-order valence-corrected chi connectivity index (χ2v) is 8.39. The van der Waals surface area contributed by atoms with E-state index in [0.29, 0.717) is 52.2 Å². The lowest BCUT2D eigenvalue weighted by Gasteiger charge is -2.29. The van der Waals surface area contributed by atoms with Gasteiger partial charge >= 0.3 is 0 Å². The number of amides is 1. The van der Waals surface area contributed by atoms with Crippen molar-refractivity contribution in [2.24, 2.45) is 0 Å². The standard InChI is InChI=1S/C24H22ClN5O4/c1-14-11-29(13-26-14)17-6-7-18-23(31)28(8-9-30(18)24(17)32)12-16-5-4-15-10-19(33-2)20(25)22(34-3)21(15)27-16/h4-7,10-11,13H,8-9,12H2,1-3H3. The van der Waals surface area contributed by atoms with E-state index >= 15 is 0 Å². The molecular formula is C24H22ClN5O4. The maximum atomic E-state index is 13.2. The van der Waals surface area contributed by atoms with Crippen LogP contribution in [-0.2, 0) is 13.1 Å². The normalized spacial score (nSPS) is 13.3. The summed E-state index contributed by atoms with van der Waals surface area (Å²) in [5.41, 5.74) is 2.67. The average Bonchev–Trinajstić information content (AvgIpc) is 3.27. The molecule has 34 heavy (non-hydrogen) atoms. The van der Waals surface area contributed by atoms with E-state index < -0.39 is 0 Å². The third-order valence-corrected chi connectivity index (χ3v) is 6.28. The van der Waals surface area contributed by atoms with Crippen LogP contribution >= 0.6 is 11.6 Å². The van der Waals surface area contributed by atoms with Gasteiger partial charge in [-0.3, -0.25) is 9.59 Å². The summed E-state index contributed by atoms with van der Waals surface area (Å²) in [4.78, 5) is 36.8. The van der Waals surface area contributed by atoms with Crippen molar-refractivity contribution in [1.29, 1.82) is 0 Å². The fraction of sp³-hybridized carbons (Fsp3) is 0.250. The van der Waals surface area contributed by atoms with Gasteiger partial charge < -0.3 is 23.5 Å². The quantitative estimate of drug-likeness (QED) is 0.436. The molecule has 5 rings (SSSR count). The third-order valence-electron chi connectivity index (χ3n) is 5.92. The lowest BCUT2D eigenvalue weighted by Crippen LogP contribution is -2.44. The zero-order valence-corrected chi connectivity index (χ0v) is 19.7. The van der Waals surface area contributed by atoms with Gasteiger partial charge in [-0.25, -0.2) is 9.97 Å². The van der Waals surface area contributed by atoms with Crippen LogP contribution in [0.4, 0.5) is 0 Å². The molecule has 9 nitrogen and oxygen atoms in total. The topological polar surface area (TPSA) is 91.5 Å². The number of nitrogens with zero attached hydrogens (tertiary/aromatic N) is 5. The molecule has 0 unspecified atom stereocenters. The predicted octanol–water partition coefficient (Wildman–Crippen LogP) is 3.22. The van der Waals surface area contributed by atoms with Crippen molar-refractivity contribution in [2.45, 2.75) is 20.0 Å². The summed E-state index contributed by atoms with van der Waals surface area (Å²) in [7, 11) is 3.06. The van der Waals surface area contributed by atoms with Crippen molar-refractivity contribution in [3.63, 3.8) is 0 Å². The third kappa shape index (κ3) is 3.58. The minimum absolute atomic E-state index is 0.222. The number of rotatable bonds is 5. The number of imidazole rings is 1. The number of aromatic nitrogens is 4. The van der Waals surface area contributed by atoms with Gasteiger partial charge in [0.25, 0.3) is 11.5 Å². The van der Waals surface area contributed by atoms with Gasteiger partial charge in [0.05, 0.1) is 38.5 Å². The molecule has 1 aliphatic rings. The van der Waals surface area contributed by atoms with Gasteiger partial charge in [-0.1, -0.05) is 17.7 Å². The van der Waals surface area contributed by atoms with E-state index in [4.69, 9.17) is 26.1 Å². The molecule has 0 aliphatic carbocycles. The van der Waals surface area contributed by atoms with E-state index in [0.717, 1.165) is 11.1 Å². The molecule has 4 heterocycles. The maximum absolute atomic E-state index is 13.2. The number of hydrogen-bond acceptors (Lipinski definition) is 6. The van der Waals surface area contributed by atoms with E-state index in [2.05, 4.69) is 4.98 Å². The van der Waals surface area contributed by atoms with Gasteiger partial charge in [0.1, 0.15) is 27.7 Å². The molecule has 1 amide bonds. The number of benzene rings is 1. The fourth-order valence-electron chi connectivity index (χ4n) is 4.21. The van der Waals surface area contributed by atoms with Gasteiger partial charge in [-0.05, 0) is 31.2 Å². The van der Waals surface area contributed by atoms with E-state index in [-0.39, 0.29) is 18.0 Å². The Kier molecular flexibility index (Phi) is 5.49. The van der Waals surface area contributed by atoms with Gasteiger partial charge in [-0.15, -0.1) is 0 Å². The van der Waals surface area contributed by atoms with Gasteiger partial charge in [0.15, 0.2) is 5.75 Å². The molecule has 0 spiro atoms. The summed E-state index contributed by atoms with van der Waals surface area (Å²) < 4.78 is 14.0. The summed E-state index contributed by atoms with van der Waals surface area (Å²) in [6.07, 6.45) is 3.37. The van der Waals surface area contributed by atoms with Crippen LogP contribution in [0.2, 0.25) is 5.02 Å². The lowest BCUT2D eigenvalue weighted by atomic mass is 10.1. The molecule has 0 N–H and O–H groups in total. The monoisotopic (exact) mass is 479 g/mol. The van der Waals surface area contributed by atoms with Crippen molar-refractivity contribution in [2.75, 3.05) is 20.8 Å². The highest BCUT2D eigenvalue weighted by Gasteiger charge is 2.27. The highest BCUT2D eigenvalue weighted by Crippen LogP contribution is 2.40.